The zero-order valence-corrected chi connectivity index (χ0v) is 17.0. The van der Waals surface area contributed by atoms with Gasteiger partial charge in [0.05, 0.1) is 5.56 Å². The van der Waals surface area contributed by atoms with Crippen LogP contribution in [0.3, 0.4) is 0 Å². The summed E-state index contributed by atoms with van der Waals surface area (Å²) in [4.78, 5) is 14.8. The SMILES string of the molecule is CCN(Cc1ccccc1)C(=O)c1cc(Oc2c(C)cc(N)cc2C)ccc1O. The van der Waals surface area contributed by atoms with E-state index in [2.05, 4.69) is 0 Å². The van der Waals surface area contributed by atoms with E-state index >= 15 is 0 Å². The molecule has 0 fully saturated rings. The normalized spacial score (nSPS) is 10.6. The van der Waals surface area contributed by atoms with E-state index in [9.17, 15) is 9.90 Å². The van der Waals surface area contributed by atoms with Gasteiger partial charge in [0.15, 0.2) is 0 Å². The summed E-state index contributed by atoms with van der Waals surface area (Å²) >= 11 is 0. The van der Waals surface area contributed by atoms with Crippen LogP contribution in [0.1, 0.15) is 34.0 Å². The lowest BCUT2D eigenvalue weighted by Gasteiger charge is -2.22. The van der Waals surface area contributed by atoms with Crippen LogP contribution in [0.4, 0.5) is 5.69 Å². The Kier molecular flexibility index (Phi) is 6.07. The first-order chi connectivity index (χ1) is 13.9. The van der Waals surface area contributed by atoms with Crippen LogP contribution < -0.4 is 10.5 Å². The minimum absolute atomic E-state index is 0.0698. The van der Waals surface area contributed by atoms with Gasteiger partial charge in [0.2, 0.25) is 0 Å². The number of aryl methyl sites for hydroxylation is 2. The maximum absolute atomic E-state index is 13.1. The van der Waals surface area contributed by atoms with Crippen molar-refractivity contribution in [1.29, 1.82) is 0 Å². The smallest absolute Gasteiger partial charge is 0.258 e. The number of carbonyl (C=O) groups is 1. The van der Waals surface area contributed by atoms with Gasteiger partial charge in [-0.25, -0.2) is 0 Å². The average Bonchev–Trinajstić information content (AvgIpc) is 2.70. The molecule has 0 atom stereocenters. The molecular weight excluding hydrogens is 364 g/mol. The number of phenolic OH excluding ortho intramolecular Hbond substituents is 1. The number of anilines is 1. The third-order valence-electron chi connectivity index (χ3n) is 4.79. The summed E-state index contributed by atoms with van der Waals surface area (Å²) in [6.45, 7) is 6.75. The molecule has 0 radical (unpaired) electrons. The molecule has 1 amide bonds. The predicted octanol–water partition coefficient (Wildman–Crippen LogP) is 5.05. The van der Waals surface area contributed by atoms with Crippen molar-refractivity contribution in [2.45, 2.75) is 27.3 Å². The number of hydrogen-bond donors (Lipinski definition) is 2. The molecular formula is C24H26N2O3. The molecule has 0 aromatic heterocycles. The third kappa shape index (κ3) is 4.69. The number of ether oxygens (including phenoxy) is 1. The summed E-state index contributed by atoms with van der Waals surface area (Å²) in [6.07, 6.45) is 0. The van der Waals surface area contributed by atoms with Gasteiger partial charge in [-0.3, -0.25) is 4.79 Å². The molecule has 0 saturated heterocycles. The van der Waals surface area contributed by atoms with Gasteiger partial charge in [0.1, 0.15) is 17.2 Å². The summed E-state index contributed by atoms with van der Waals surface area (Å²) in [5.74, 6) is 0.863. The van der Waals surface area contributed by atoms with Crippen molar-refractivity contribution in [1.82, 2.24) is 4.90 Å². The number of carbonyl (C=O) groups excluding carboxylic acids is 1. The Hall–Kier alpha value is -3.47. The summed E-state index contributed by atoms with van der Waals surface area (Å²) in [5, 5.41) is 10.3. The molecule has 0 aliphatic carbocycles. The lowest BCUT2D eigenvalue weighted by molar-refractivity contribution is 0.0749. The number of phenols is 1. The second-order valence-electron chi connectivity index (χ2n) is 7.07. The third-order valence-corrected chi connectivity index (χ3v) is 4.79. The van der Waals surface area contributed by atoms with Crippen molar-refractivity contribution >= 4 is 11.6 Å². The monoisotopic (exact) mass is 390 g/mol. The van der Waals surface area contributed by atoms with Gasteiger partial charge in [0.25, 0.3) is 5.91 Å². The molecule has 3 aromatic carbocycles. The highest BCUT2D eigenvalue weighted by Crippen LogP contribution is 2.33. The van der Waals surface area contributed by atoms with Gasteiger partial charge >= 0.3 is 0 Å². The van der Waals surface area contributed by atoms with Crippen LogP contribution in [-0.2, 0) is 6.54 Å². The first kappa shape index (κ1) is 20.3. The Morgan fingerprint density at radius 2 is 1.69 bits per heavy atom. The van der Waals surface area contributed by atoms with Crippen molar-refractivity contribution < 1.29 is 14.6 Å². The van der Waals surface area contributed by atoms with Crippen molar-refractivity contribution in [3.8, 4) is 17.2 Å². The van der Waals surface area contributed by atoms with E-state index < -0.39 is 0 Å². The Bertz CT molecular complexity index is 993. The Labute approximate surface area is 171 Å². The van der Waals surface area contributed by atoms with Gasteiger partial charge in [-0.1, -0.05) is 30.3 Å². The van der Waals surface area contributed by atoms with Gasteiger partial charge in [0, 0.05) is 18.8 Å². The number of nitrogens with zero attached hydrogens (tertiary/aromatic N) is 1. The van der Waals surface area contributed by atoms with Crippen molar-refractivity contribution in [3.63, 3.8) is 0 Å². The summed E-state index contributed by atoms with van der Waals surface area (Å²) in [7, 11) is 0. The first-order valence-corrected chi connectivity index (χ1v) is 9.59. The molecule has 29 heavy (non-hydrogen) atoms. The van der Waals surface area contributed by atoms with Crippen LogP contribution in [0.25, 0.3) is 0 Å². The van der Waals surface area contributed by atoms with Crippen LogP contribution in [0, 0.1) is 13.8 Å². The zero-order chi connectivity index (χ0) is 21.0. The molecule has 0 aliphatic heterocycles. The maximum Gasteiger partial charge on any atom is 0.258 e. The molecule has 150 valence electrons. The molecule has 0 unspecified atom stereocenters. The van der Waals surface area contributed by atoms with Crippen molar-refractivity contribution in [3.05, 3.63) is 82.9 Å². The van der Waals surface area contributed by atoms with Gasteiger partial charge in [-0.05, 0) is 67.8 Å². The number of amides is 1. The van der Waals surface area contributed by atoms with Crippen molar-refractivity contribution in [2.75, 3.05) is 12.3 Å². The summed E-state index contributed by atoms with van der Waals surface area (Å²) in [6, 6.07) is 18.2. The highest BCUT2D eigenvalue weighted by Gasteiger charge is 2.19. The highest BCUT2D eigenvalue weighted by molar-refractivity contribution is 5.97. The molecule has 3 rings (SSSR count). The molecule has 0 saturated carbocycles. The standard InChI is InChI=1S/C24H26N2O3/c1-4-26(15-18-8-6-5-7-9-18)24(28)21-14-20(10-11-22(21)27)29-23-16(2)12-19(25)13-17(23)3/h5-14,27H,4,15,25H2,1-3H3. The molecule has 0 heterocycles. The Balaban J connectivity index is 1.87. The van der Waals surface area contributed by atoms with Crippen LogP contribution in [-0.4, -0.2) is 22.5 Å². The molecule has 5 heteroatoms. The molecule has 0 bridgehead atoms. The molecule has 3 aromatic rings. The minimum Gasteiger partial charge on any atom is -0.507 e. The van der Waals surface area contributed by atoms with E-state index in [0.717, 1.165) is 16.7 Å². The first-order valence-electron chi connectivity index (χ1n) is 9.59. The predicted molar refractivity (Wildman–Crippen MR) is 115 cm³/mol. The fourth-order valence-corrected chi connectivity index (χ4v) is 3.31. The Morgan fingerprint density at radius 3 is 2.31 bits per heavy atom. The Morgan fingerprint density at radius 1 is 1.03 bits per heavy atom. The highest BCUT2D eigenvalue weighted by atomic mass is 16.5. The van der Waals surface area contributed by atoms with Gasteiger partial charge in [-0.15, -0.1) is 0 Å². The number of nitrogens with two attached hydrogens (primary N) is 1. The second kappa shape index (κ2) is 8.69. The fraction of sp³-hybridized carbons (Fsp3) is 0.208. The van der Waals surface area contributed by atoms with E-state index in [-0.39, 0.29) is 17.2 Å². The number of aromatic hydroxyl groups is 1. The second-order valence-corrected chi connectivity index (χ2v) is 7.07. The molecule has 0 spiro atoms. The quantitative estimate of drug-likeness (QED) is 0.578. The molecule has 3 N–H and O–H groups in total. The van der Waals surface area contributed by atoms with E-state index in [4.69, 9.17) is 10.5 Å². The van der Waals surface area contributed by atoms with E-state index in [1.807, 2.05) is 63.2 Å². The number of nitrogen functional groups attached to an aromatic ring is 1. The van der Waals surface area contributed by atoms with E-state index in [1.54, 1.807) is 17.0 Å². The van der Waals surface area contributed by atoms with Crippen LogP contribution in [0.2, 0.25) is 0 Å². The zero-order valence-electron chi connectivity index (χ0n) is 17.0. The lowest BCUT2D eigenvalue weighted by Crippen LogP contribution is -2.30. The maximum atomic E-state index is 13.1. The van der Waals surface area contributed by atoms with Gasteiger partial charge < -0.3 is 20.5 Å². The minimum atomic E-state index is -0.245. The van der Waals surface area contributed by atoms with Crippen LogP contribution in [0.5, 0.6) is 17.2 Å². The number of hydrogen-bond acceptors (Lipinski definition) is 4. The average molecular weight is 390 g/mol. The van der Waals surface area contributed by atoms with E-state index in [0.29, 0.717) is 30.3 Å². The topological polar surface area (TPSA) is 75.8 Å². The summed E-state index contributed by atoms with van der Waals surface area (Å²) < 4.78 is 6.04. The van der Waals surface area contributed by atoms with Crippen molar-refractivity contribution in [2.24, 2.45) is 0 Å². The molecule has 5 nitrogen and oxygen atoms in total. The molecule has 0 aliphatic rings. The fourth-order valence-electron chi connectivity index (χ4n) is 3.31. The van der Waals surface area contributed by atoms with Gasteiger partial charge in [-0.2, -0.15) is 0 Å². The van der Waals surface area contributed by atoms with E-state index in [1.165, 1.54) is 6.07 Å². The lowest BCUT2D eigenvalue weighted by atomic mass is 10.1. The largest absolute Gasteiger partial charge is 0.507 e. The number of benzene rings is 3. The van der Waals surface area contributed by atoms with Crippen LogP contribution in [0.15, 0.2) is 60.7 Å². The number of rotatable bonds is 6. The van der Waals surface area contributed by atoms with Crippen LogP contribution >= 0.6 is 0 Å². The summed E-state index contributed by atoms with van der Waals surface area (Å²) in [5.41, 5.74) is 9.61.